The lowest BCUT2D eigenvalue weighted by Gasteiger charge is -2.08. The Morgan fingerprint density at radius 2 is 2.05 bits per heavy atom. The van der Waals surface area contributed by atoms with Gasteiger partial charge in [0.05, 0.1) is 6.10 Å². The molecule has 19 heavy (non-hydrogen) atoms. The molecular formula is C15H19NO3. The van der Waals surface area contributed by atoms with Gasteiger partial charge in [0.25, 0.3) is 0 Å². The number of rotatable bonds is 5. The van der Waals surface area contributed by atoms with E-state index in [0.29, 0.717) is 17.7 Å². The monoisotopic (exact) mass is 261 g/mol. The molecular weight excluding hydrogens is 242 g/mol. The van der Waals surface area contributed by atoms with E-state index in [1.807, 2.05) is 0 Å². The van der Waals surface area contributed by atoms with Crippen LogP contribution in [-0.4, -0.2) is 24.4 Å². The second-order valence-electron chi connectivity index (χ2n) is 4.86. The Morgan fingerprint density at radius 1 is 1.32 bits per heavy atom. The first-order chi connectivity index (χ1) is 9.15. The van der Waals surface area contributed by atoms with Gasteiger partial charge in [-0.2, -0.15) is 0 Å². The zero-order valence-electron chi connectivity index (χ0n) is 11.1. The summed E-state index contributed by atoms with van der Waals surface area (Å²) in [5.74, 6) is 0.0160. The number of hydrogen-bond donors (Lipinski definition) is 1. The molecule has 1 heterocycles. The van der Waals surface area contributed by atoms with E-state index in [1.54, 1.807) is 24.3 Å². The highest BCUT2D eigenvalue weighted by atomic mass is 16.5. The van der Waals surface area contributed by atoms with Crippen molar-refractivity contribution >= 4 is 17.4 Å². The normalized spacial score (nSPS) is 18.3. The highest BCUT2D eigenvalue weighted by Gasteiger charge is 2.17. The average molecular weight is 261 g/mol. The fourth-order valence-corrected chi connectivity index (χ4v) is 2.25. The molecule has 4 nitrogen and oxygen atoms in total. The summed E-state index contributed by atoms with van der Waals surface area (Å²) < 4.78 is 5.50. The summed E-state index contributed by atoms with van der Waals surface area (Å²) >= 11 is 0. The number of ketones is 1. The first-order valence-corrected chi connectivity index (χ1v) is 6.67. The van der Waals surface area contributed by atoms with Gasteiger partial charge >= 0.3 is 0 Å². The molecule has 0 saturated carbocycles. The van der Waals surface area contributed by atoms with Crippen LogP contribution in [0.25, 0.3) is 0 Å². The van der Waals surface area contributed by atoms with Gasteiger partial charge in [-0.05, 0) is 43.5 Å². The van der Waals surface area contributed by atoms with Crippen LogP contribution in [0.2, 0.25) is 0 Å². The molecule has 1 N–H and O–H groups in total. The largest absolute Gasteiger partial charge is 0.378 e. The third-order valence-corrected chi connectivity index (χ3v) is 3.24. The van der Waals surface area contributed by atoms with Gasteiger partial charge in [0.2, 0.25) is 5.91 Å². The lowest BCUT2D eigenvalue weighted by atomic mass is 10.0. The quantitative estimate of drug-likeness (QED) is 0.829. The summed E-state index contributed by atoms with van der Waals surface area (Å²) in [6, 6.07) is 7.01. The van der Waals surface area contributed by atoms with E-state index in [-0.39, 0.29) is 17.8 Å². The molecule has 1 amide bonds. The Bertz CT molecular complexity index is 447. The Balaban J connectivity index is 1.86. The maximum atomic E-state index is 12.0. The molecule has 1 aromatic carbocycles. The molecule has 1 fully saturated rings. The number of ether oxygens (including phenoxy) is 1. The van der Waals surface area contributed by atoms with Gasteiger partial charge in [-0.15, -0.1) is 0 Å². The van der Waals surface area contributed by atoms with Crippen molar-refractivity contribution in [2.45, 2.75) is 38.7 Å². The van der Waals surface area contributed by atoms with Crippen LogP contribution in [-0.2, 0) is 9.53 Å². The fraction of sp³-hybridized carbons (Fsp3) is 0.467. The van der Waals surface area contributed by atoms with Gasteiger partial charge in [-0.25, -0.2) is 0 Å². The maximum Gasteiger partial charge on any atom is 0.221 e. The predicted molar refractivity (Wildman–Crippen MR) is 73.3 cm³/mol. The molecule has 0 radical (unpaired) electrons. The molecule has 1 unspecified atom stereocenters. The SMILES string of the molecule is CC(=O)Nc1ccc(C(=O)CCC2CCCO2)cc1. The number of carbonyl (C=O) groups is 2. The second-order valence-corrected chi connectivity index (χ2v) is 4.86. The van der Waals surface area contributed by atoms with Crippen LogP contribution in [0.3, 0.4) is 0 Å². The zero-order chi connectivity index (χ0) is 13.7. The summed E-state index contributed by atoms with van der Waals surface area (Å²) in [5.41, 5.74) is 1.40. The van der Waals surface area contributed by atoms with E-state index in [4.69, 9.17) is 4.74 Å². The van der Waals surface area contributed by atoms with Crippen molar-refractivity contribution in [3.63, 3.8) is 0 Å². The fourth-order valence-electron chi connectivity index (χ4n) is 2.25. The van der Waals surface area contributed by atoms with E-state index in [0.717, 1.165) is 25.9 Å². The highest BCUT2D eigenvalue weighted by molar-refractivity contribution is 5.97. The molecule has 0 spiro atoms. The number of hydrogen-bond acceptors (Lipinski definition) is 3. The molecule has 4 heteroatoms. The smallest absolute Gasteiger partial charge is 0.221 e. The van der Waals surface area contributed by atoms with E-state index in [2.05, 4.69) is 5.32 Å². The van der Waals surface area contributed by atoms with Crippen LogP contribution in [0.15, 0.2) is 24.3 Å². The number of anilines is 1. The van der Waals surface area contributed by atoms with E-state index >= 15 is 0 Å². The highest BCUT2D eigenvalue weighted by Crippen LogP contribution is 2.19. The molecule has 0 aromatic heterocycles. The Morgan fingerprint density at radius 3 is 2.63 bits per heavy atom. The summed E-state index contributed by atoms with van der Waals surface area (Å²) in [4.78, 5) is 22.9. The van der Waals surface area contributed by atoms with Crippen LogP contribution in [0.5, 0.6) is 0 Å². The van der Waals surface area contributed by atoms with Crippen LogP contribution in [0, 0.1) is 0 Å². The third kappa shape index (κ3) is 4.17. The number of carbonyl (C=O) groups excluding carboxylic acids is 2. The van der Waals surface area contributed by atoms with E-state index in [9.17, 15) is 9.59 Å². The van der Waals surface area contributed by atoms with Gasteiger partial charge < -0.3 is 10.1 Å². The number of Topliss-reactive ketones (excluding diaryl/α,β-unsaturated/α-hetero) is 1. The van der Waals surface area contributed by atoms with Crippen molar-refractivity contribution in [1.29, 1.82) is 0 Å². The Kier molecular flexibility index (Phi) is 4.68. The van der Waals surface area contributed by atoms with Gasteiger partial charge in [0.1, 0.15) is 0 Å². The van der Waals surface area contributed by atoms with E-state index < -0.39 is 0 Å². The molecule has 102 valence electrons. The molecule has 1 aliphatic rings. The van der Waals surface area contributed by atoms with Crippen molar-refractivity contribution in [1.82, 2.24) is 0 Å². The molecule has 1 atom stereocenters. The van der Waals surface area contributed by atoms with Crippen molar-refractivity contribution in [2.24, 2.45) is 0 Å². The van der Waals surface area contributed by atoms with Gasteiger partial charge in [0.15, 0.2) is 5.78 Å². The molecule has 1 aromatic rings. The van der Waals surface area contributed by atoms with Gasteiger partial charge in [-0.3, -0.25) is 9.59 Å². The molecule has 1 aliphatic heterocycles. The first kappa shape index (κ1) is 13.7. The third-order valence-electron chi connectivity index (χ3n) is 3.24. The molecule has 0 bridgehead atoms. The minimum Gasteiger partial charge on any atom is -0.378 e. The number of nitrogens with one attached hydrogen (secondary N) is 1. The topological polar surface area (TPSA) is 55.4 Å². The Labute approximate surface area is 113 Å². The number of benzene rings is 1. The lowest BCUT2D eigenvalue weighted by Crippen LogP contribution is -2.09. The standard InChI is InChI=1S/C15H19NO3/c1-11(17)16-13-6-4-12(5-7-13)15(18)9-8-14-3-2-10-19-14/h4-7,14H,2-3,8-10H2,1H3,(H,16,17). The predicted octanol–water partition coefficient (Wildman–Crippen LogP) is 2.79. The summed E-state index contributed by atoms with van der Waals surface area (Å²) in [6.07, 6.45) is 3.73. The lowest BCUT2D eigenvalue weighted by molar-refractivity contribution is -0.114. The van der Waals surface area contributed by atoms with Crippen LogP contribution in [0.1, 0.15) is 43.0 Å². The van der Waals surface area contributed by atoms with Crippen molar-refractivity contribution in [2.75, 3.05) is 11.9 Å². The van der Waals surface area contributed by atoms with Crippen LogP contribution < -0.4 is 5.32 Å². The zero-order valence-corrected chi connectivity index (χ0v) is 11.1. The van der Waals surface area contributed by atoms with Crippen molar-refractivity contribution < 1.29 is 14.3 Å². The van der Waals surface area contributed by atoms with E-state index in [1.165, 1.54) is 6.92 Å². The summed E-state index contributed by atoms with van der Waals surface area (Å²) in [6.45, 7) is 2.28. The molecule has 2 rings (SSSR count). The van der Waals surface area contributed by atoms with Crippen LogP contribution in [0.4, 0.5) is 5.69 Å². The average Bonchev–Trinajstić information content (AvgIpc) is 2.89. The van der Waals surface area contributed by atoms with Crippen molar-refractivity contribution in [3.8, 4) is 0 Å². The maximum absolute atomic E-state index is 12.0. The summed E-state index contributed by atoms with van der Waals surface area (Å²) in [7, 11) is 0. The minimum atomic E-state index is -0.113. The number of amides is 1. The first-order valence-electron chi connectivity index (χ1n) is 6.67. The summed E-state index contributed by atoms with van der Waals surface area (Å²) in [5, 5.41) is 2.68. The van der Waals surface area contributed by atoms with Crippen molar-refractivity contribution in [3.05, 3.63) is 29.8 Å². The molecule has 1 saturated heterocycles. The minimum absolute atomic E-state index is 0.113. The second kappa shape index (κ2) is 6.48. The van der Waals surface area contributed by atoms with Gasteiger partial charge in [0, 0.05) is 31.2 Å². The Hall–Kier alpha value is -1.68. The molecule has 0 aliphatic carbocycles. The van der Waals surface area contributed by atoms with Gasteiger partial charge in [-0.1, -0.05) is 0 Å². The van der Waals surface area contributed by atoms with Crippen LogP contribution >= 0.6 is 0 Å².